The summed E-state index contributed by atoms with van der Waals surface area (Å²) in [5.74, 6) is 0. The van der Waals surface area contributed by atoms with E-state index in [9.17, 15) is 0 Å². The molecule has 1 heterocycles. The molecule has 1 aromatic heterocycles. The van der Waals surface area contributed by atoms with Gasteiger partial charge in [0.25, 0.3) is 0 Å². The SMILES string of the molecule is CC(NC1CCCc2sccc21)c1ccc(Br)cc1Br. The fourth-order valence-corrected chi connectivity index (χ4v) is 5.28. The van der Waals surface area contributed by atoms with Gasteiger partial charge in [-0.15, -0.1) is 11.3 Å². The third-order valence-corrected chi connectivity index (χ3v) is 6.11. The van der Waals surface area contributed by atoms with Crippen LogP contribution in [0.3, 0.4) is 0 Å². The lowest BCUT2D eigenvalue weighted by Crippen LogP contribution is -2.27. The van der Waals surface area contributed by atoms with E-state index in [0.29, 0.717) is 12.1 Å². The molecular weight excluding hydrogens is 398 g/mol. The Morgan fingerprint density at radius 3 is 2.95 bits per heavy atom. The molecule has 1 aromatic carbocycles. The summed E-state index contributed by atoms with van der Waals surface area (Å²) in [6.45, 7) is 2.24. The first-order valence-electron chi connectivity index (χ1n) is 6.92. The maximum absolute atomic E-state index is 3.80. The quantitative estimate of drug-likeness (QED) is 0.649. The van der Waals surface area contributed by atoms with Gasteiger partial charge in [-0.25, -0.2) is 0 Å². The van der Waals surface area contributed by atoms with E-state index in [0.717, 1.165) is 8.95 Å². The Balaban J connectivity index is 1.79. The van der Waals surface area contributed by atoms with E-state index < -0.39 is 0 Å². The van der Waals surface area contributed by atoms with Crippen LogP contribution in [0, 0.1) is 0 Å². The zero-order valence-electron chi connectivity index (χ0n) is 11.3. The van der Waals surface area contributed by atoms with Gasteiger partial charge >= 0.3 is 0 Å². The van der Waals surface area contributed by atoms with E-state index in [2.05, 4.69) is 73.7 Å². The third-order valence-electron chi connectivity index (χ3n) is 3.93. The van der Waals surface area contributed by atoms with Crippen LogP contribution in [0.4, 0.5) is 0 Å². The van der Waals surface area contributed by atoms with E-state index in [1.807, 2.05) is 11.3 Å². The first-order chi connectivity index (χ1) is 9.65. The van der Waals surface area contributed by atoms with Crippen LogP contribution in [0.15, 0.2) is 38.6 Å². The first kappa shape index (κ1) is 14.8. The minimum atomic E-state index is 0.341. The smallest absolute Gasteiger partial charge is 0.0336 e. The number of rotatable bonds is 3. The molecular formula is C16H17Br2NS. The largest absolute Gasteiger partial charge is 0.303 e. The summed E-state index contributed by atoms with van der Waals surface area (Å²) in [4.78, 5) is 1.57. The normalized spacial score (nSPS) is 19.6. The molecule has 1 N–H and O–H groups in total. The van der Waals surface area contributed by atoms with Crippen molar-refractivity contribution in [1.82, 2.24) is 5.32 Å². The van der Waals surface area contributed by atoms with Crippen LogP contribution in [-0.4, -0.2) is 0 Å². The molecule has 20 heavy (non-hydrogen) atoms. The molecule has 2 atom stereocenters. The van der Waals surface area contributed by atoms with E-state index >= 15 is 0 Å². The summed E-state index contributed by atoms with van der Waals surface area (Å²) in [7, 11) is 0. The highest BCUT2D eigenvalue weighted by Crippen LogP contribution is 2.36. The lowest BCUT2D eigenvalue weighted by atomic mass is 9.93. The molecule has 0 aliphatic heterocycles. The Bertz CT molecular complexity index is 608. The van der Waals surface area contributed by atoms with Crippen molar-refractivity contribution >= 4 is 43.2 Å². The molecule has 1 aliphatic carbocycles. The zero-order chi connectivity index (χ0) is 14.1. The predicted octanol–water partition coefficient (Wildman–Crippen LogP) is 6.00. The van der Waals surface area contributed by atoms with Crippen molar-refractivity contribution in [2.75, 3.05) is 0 Å². The summed E-state index contributed by atoms with van der Waals surface area (Å²) in [5, 5.41) is 6.03. The van der Waals surface area contributed by atoms with Crippen LogP contribution in [-0.2, 0) is 6.42 Å². The van der Waals surface area contributed by atoms with Crippen molar-refractivity contribution in [3.63, 3.8) is 0 Å². The average molecular weight is 415 g/mol. The molecule has 0 saturated carbocycles. The lowest BCUT2D eigenvalue weighted by Gasteiger charge is -2.28. The van der Waals surface area contributed by atoms with Gasteiger partial charge < -0.3 is 5.32 Å². The minimum Gasteiger partial charge on any atom is -0.303 e. The maximum atomic E-state index is 3.80. The molecule has 0 saturated heterocycles. The minimum absolute atomic E-state index is 0.341. The molecule has 0 amide bonds. The second-order valence-corrected chi connectivity index (χ2v) is 8.07. The topological polar surface area (TPSA) is 12.0 Å². The lowest BCUT2D eigenvalue weighted by molar-refractivity contribution is 0.417. The first-order valence-corrected chi connectivity index (χ1v) is 9.39. The van der Waals surface area contributed by atoms with Crippen molar-refractivity contribution in [1.29, 1.82) is 0 Å². The highest BCUT2D eigenvalue weighted by Gasteiger charge is 2.23. The highest BCUT2D eigenvalue weighted by atomic mass is 79.9. The second-order valence-electron chi connectivity index (χ2n) is 5.30. The van der Waals surface area contributed by atoms with Crippen molar-refractivity contribution in [2.45, 2.75) is 38.3 Å². The molecule has 2 unspecified atom stereocenters. The van der Waals surface area contributed by atoms with E-state index in [1.165, 1.54) is 30.4 Å². The van der Waals surface area contributed by atoms with Gasteiger partial charge in [-0.3, -0.25) is 0 Å². The van der Waals surface area contributed by atoms with Crippen LogP contribution in [0.1, 0.15) is 47.9 Å². The third kappa shape index (κ3) is 3.03. The van der Waals surface area contributed by atoms with Gasteiger partial charge in [0.1, 0.15) is 0 Å². The Morgan fingerprint density at radius 2 is 2.15 bits per heavy atom. The number of nitrogens with one attached hydrogen (secondary N) is 1. The molecule has 0 fully saturated rings. The Morgan fingerprint density at radius 1 is 1.30 bits per heavy atom. The van der Waals surface area contributed by atoms with E-state index in [4.69, 9.17) is 0 Å². The van der Waals surface area contributed by atoms with Crippen molar-refractivity contribution in [2.24, 2.45) is 0 Å². The number of halogens is 2. The average Bonchev–Trinajstić information content (AvgIpc) is 2.87. The Hall–Kier alpha value is -0.160. The number of hydrogen-bond acceptors (Lipinski definition) is 2. The summed E-state index contributed by atoms with van der Waals surface area (Å²) in [6, 6.07) is 9.53. The van der Waals surface area contributed by atoms with Gasteiger partial charge in [0.15, 0.2) is 0 Å². The summed E-state index contributed by atoms with van der Waals surface area (Å²) in [6.07, 6.45) is 3.78. The second kappa shape index (κ2) is 6.30. The van der Waals surface area contributed by atoms with Gasteiger partial charge in [0.05, 0.1) is 0 Å². The molecule has 0 spiro atoms. The standard InChI is InChI=1S/C16H17Br2NS/c1-10(12-6-5-11(17)9-14(12)18)19-15-3-2-4-16-13(15)7-8-20-16/h5-10,15,19H,2-4H2,1H3. The monoisotopic (exact) mass is 413 g/mol. The van der Waals surface area contributed by atoms with Crippen LogP contribution in [0.25, 0.3) is 0 Å². The van der Waals surface area contributed by atoms with Gasteiger partial charge in [0, 0.05) is 25.9 Å². The summed E-state index contributed by atoms with van der Waals surface area (Å²) >= 11 is 9.08. The summed E-state index contributed by atoms with van der Waals surface area (Å²) < 4.78 is 2.27. The van der Waals surface area contributed by atoms with Gasteiger partial charge in [-0.05, 0) is 60.9 Å². The maximum Gasteiger partial charge on any atom is 0.0336 e. The van der Waals surface area contributed by atoms with E-state index in [-0.39, 0.29) is 0 Å². The van der Waals surface area contributed by atoms with Crippen molar-refractivity contribution in [3.8, 4) is 0 Å². The molecule has 1 nitrogen and oxygen atoms in total. The van der Waals surface area contributed by atoms with Crippen LogP contribution < -0.4 is 5.32 Å². The number of benzene rings is 1. The number of fused-ring (bicyclic) bond motifs is 1. The molecule has 0 radical (unpaired) electrons. The highest BCUT2D eigenvalue weighted by molar-refractivity contribution is 9.11. The fourth-order valence-electron chi connectivity index (χ4n) is 2.90. The van der Waals surface area contributed by atoms with Crippen molar-refractivity contribution in [3.05, 3.63) is 54.6 Å². The molecule has 2 aromatic rings. The zero-order valence-corrected chi connectivity index (χ0v) is 15.3. The number of hydrogen-bond donors (Lipinski definition) is 1. The molecule has 1 aliphatic rings. The fraction of sp³-hybridized carbons (Fsp3) is 0.375. The van der Waals surface area contributed by atoms with Crippen LogP contribution in [0.2, 0.25) is 0 Å². The van der Waals surface area contributed by atoms with Crippen LogP contribution >= 0.6 is 43.2 Å². The molecule has 4 heteroatoms. The van der Waals surface area contributed by atoms with E-state index in [1.54, 1.807) is 4.88 Å². The molecule has 106 valence electrons. The number of aryl methyl sites for hydroxylation is 1. The van der Waals surface area contributed by atoms with Gasteiger partial charge in [-0.2, -0.15) is 0 Å². The summed E-state index contributed by atoms with van der Waals surface area (Å²) in [5.41, 5.74) is 2.83. The van der Waals surface area contributed by atoms with Crippen molar-refractivity contribution < 1.29 is 0 Å². The molecule has 0 bridgehead atoms. The Kier molecular flexibility index (Phi) is 4.65. The van der Waals surface area contributed by atoms with Gasteiger partial charge in [0.2, 0.25) is 0 Å². The van der Waals surface area contributed by atoms with Gasteiger partial charge in [-0.1, -0.05) is 37.9 Å². The Labute approximate surface area is 141 Å². The number of thiophene rings is 1. The van der Waals surface area contributed by atoms with Crippen LogP contribution in [0.5, 0.6) is 0 Å². The predicted molar refractivity (Wildman–Crippen MR) is 93.4 cm³/mol. The molecule has 3 rings (SSSR count).